The first-order valence-electron chi connectivity index (χ1n) is 4.21. The monoisotopic (exact) mass is 205 g/mol. The van der Waals surface area contributed by atoms with Gasteiger partial charge in [-0.25, -0.2) is 0 Å². The first-order valence-corrected chi connectivity index (χ1v) is 4.94. The number of H-pyrrole nitrogens is 1. The van der Waals surface area contributed by atoms with Crippen LogP contribution in [0.15, 0.2) is 8.73 Å². The van der Waals surface area contributed by atoms with Crippen LogP contribution in [0.3, 0.4) is 0 Å². The Morgan fingerprint density at radius 3 is 1.93 bits per heavy atom. The topological polar surface area (TPSA) is 66.3 Å². The van der Waals surface area contributed by atoms with Crippen LogP contribution in [-0.4, -0.2) is 15.4 Å². The molecule has 0 atom stereocenters. The number of rotatable bonds is 0. The molecule has 1 aliphatic heterocycles. The molecule has 1 aliphatic rings. The molecule has 0 spiro atoms. The Morgan fingerprint density at radius 2 is 1.43 bits per heavy atom. The molecule has 14 heavy (non-hydrogen) atoms. The SMILES string of the molecule is Cc1c2c(c(C)c3n[nH]nc13)N=S=N2. The molecule has 3 rings (SSSR count). The van der Waals surface area contributed by atoms with Crippen molar-refractivity contribution in [2.75, 3.05) is 0 Å². The average Bonchev–Trinajstić information content (AvgIpc) is 2.82. The summed E-state index contributed by atoms with van der Waals surface area (Å²) in [5.74, 6) is 0. The van der Waals surface area contributed by atoms with Crippen LogP contribution in [0.2, 0.25) is 0 Å². The van der Waals surface area contributed by atoms with Crippen molar-refractivity contribution < 1.29 is 0 Å². The first-order chi connectivity index (χ1) is 6.79. The van der Waals surface area contributed by atoms with Crippen LogP contribution in [0.5, 0.6) is 0 Å². The van der Waals surface area contributed by atoms with Gasteiger partial charge in [0.25, 0.3) is 0 Å². The lowest BCUT2D eigenvalue weighted by Gasteiger charge is -2.03. The smallest absolute Gasteiger partial charge is 0.118 e. The molecule has 0 fully saturated rings. The van der Waals surface area contributed by atoms with Gasteiger partial charge in [0.05, 0.1) is 11.4 Å². The zero-order valence-corrected chi connectivity index (χ0v) is 8.51. The van der Waals surface area contributed by atoms with Crippen molar-refractivity contribution in [3.05, 3.63) is 11.1 Å². The Labute approximate surface area is 83.4 Å². The lowest BCUT2D eigenvalue weighted by molar-refractivity contribution is 0.957. The summed E-state index contributed by atoms with van der Waals surface area (Å²) in [5, 5.41) is 10.9. The number of hydrogen-bond donors (Lipinski definition) is 1. The number of nitrogens with zero attached hydrogens (tertiary/aromatic N) is 4. The molecule has 0 radical (unpaired) electrons. The van der Waals surface area contributed by atoms with Crippen LogP contribution in [-0.2, 0) is 11.4 Å². The Bertz CT molecular complexity index is 558. The van der Waals surface area contributed by atoms with E-state index >= 15 is 0 Å². The van der Waals surface area contributed by atoms with E-state index in [9.17, 15) is 0 Å². The van der Waals surface area contributed by atoms with E-state index in [-0.39, 0.29) is 0 Å². The molecule has 0 unspecified atom stereocenters. The van der Waals surface area contributed by atoms with Crippen molar-refractivity contribution in [3.8, 4) is 0 Å². The largest absolute Gasteiger partial charge is 0.197 e. The normalized spacial score (nSPS) is 13.3. The number of benzene rings is 1. The summed E-state index contributed by atoms with van der Waals surface area (Å²) in [4.78, 5) is 0. The minimum atomic E-state index is 0.891. The fraction of sp³-hybridized carbons (Fsp3) is 0.250. The van der Waals surface area contributed by atoms with Crippen molar-refractivity contribution in [1.29, 1.82) is 0 Å². The second-order valence-electron chi connectivity index (χ2n) is 3.23. The van der Waals surface area contributed by atoms with E-state index in [1.54, 1.807) is 0 Å². The molecule has 2 aromatic rings. The van der Waals surface area contributed by atoms with E-state index in [2.05, 4.69) is 24.1 Å². The number of fused-ring (bicyclic) bond motifs is 2. The molecule has 70 valence electrons. The van der Waals surface area contributed by atoms with Crippen LogP contribution >= 0.6 is 0 Å². The van der Waals surface area contributed by atoms with Gasteiger partial charge in [-0.15, -0.1) is 0 Å². The third-order valence-corrected chi connectivity index (χ3v) is 2.99. The fourth-order valence-electron chi connectivity index (χ4n) is 1.66. The zero-order valence-electron chi connectivity index (χ0n) is 7.70. The molecule has 0 saturated carbocycles. The van der Waals surface area contributed by atoms with Crippen LogP contribution in [0.25, 0.3) is 11.0 Å². The summed E-state index contributed by atoms with van der Waals surface area (Å²) in [5.41, 5.74) is 5.75. The second kappa shape index (κ2) is 2.48. The summed E-state index contributed by atoms with van der Waals surface area (Å²) in [6.45, 7) is 3.99. The summed E-state index contributed by atoms with van der Waals surface area (Å²) in [7, 11) is 0. The van der Waals surface area contributed by atoms with Gasteiger partial charge in [0.2, 0.25) is 0 Å². The van der Waals surface area contributed by atoms with Gasteiger partial charge in [-0.2, -0.15) is 24.1 Å². The zero-order chi connectivity index (χ0) is 9.71. The van der Waals surface area contributed by atoms with Gasteiger partial charge in [0.1, 0.15) is 22.4 Å². The minimum absolute atomic E-state index is 0.891. The van der Waals surface area contributed by atoms with Gasteiger partial charge in [-0.3, -0.25) is 0 Å². The molecule has 5 nitrogen and oxygen atoms in total. The molecule has 0 amide bonds. The van der Waals surface area contributed by atoms with Gasteiger partial charge in [0, 0.05) is 11.1 Å². The summed E-state index contributed by atoms with van der Waals surface area (Å²) >= 11 is 1.23. The Balaban J connectivity index is 2.59. The predicted molar refractivity (Wildman–Crippen MR) is 54.9 cm³/mol. The molecular formula is C8H7N5S. The predicted octanol–water partition coefficient (Wildman–Crippen LogP) is 2.30. The van der Waals surface area contributed by atoms with E-state index in [1.165, 1.54) is 11.4 Å². The fourth-order valence-corrected chi connectivity index (χ4v) is 2.31. The molecule has 2 heterocycles. The minimum Gasteiger partial charge on any atom is -0.197 e. The van der Waals surface area contributed by atoms with E-state index in [1.807, 2.05) is 13.8 Å². The van der Waals surface area contributed by atoms with E-state index < -0.39 is 0 Å². The molecule has 6 heteroatoms. The standard InChI is InChI=1S/C8H7N5S/c1-3-5-6(10-13-9-5)4(2)8-7(3)11-14-12-8/h1-2H3,(H,9,10,13). The number of nitrogens with one attached hydrogen (secondary N) is 1. The molecule has 1 aromatic heterocycles. The number of aromatic amines is 1. The highest BCUT2D eigenvalue weighted by atomic mass is 32.1. The third-order valence-electron chi connectivity index (χ3n) is 2.46. The van der Waals surface area contributed by atoms with E-state index in [0.29, 0.717) is 0 Å². The average molecular weight is 205 g/mol. The van der Waals surface area contributed by atoms with Gasteiger partial charge >= 0.3 is 0 Å². The summed E-state index contributed by atoms with van der Waals surface area (Å²) in [6.07, 6.45) is 0. The maximum absolute atomic E-state index is 4.26. The highest BCUT2D eigenvalue weighted by Gasteiger charge is 2.18. The number of aromatic nitrogens is 3. The van der Waals surface area contributed by atoms with Crippen molar-refractivity contribution in [2.24, 2.45) is 8.73 Å². The second-order valence-corrected chi connectivity index (χ2v) is 3.76. The first kappa shape index (κ1) is 7.81. The quantitative estimate of drug-likeness (QED) is 0.612. The van der Waals surface area contributed by atoms with Gasteiger partial charge in [-0.05, 0) is 13.8 Å². The summed E-state index contributed by atoms with van der Waals surface area (Å²) < 4.78 is 8.52. The molecular weight excluding hydrogens is 198 g/mol. The van der Waals surface area contributed by atoms with Gasteiger partial charge in [0.15, 0.2) is 0 Å². The molecule has 0 saturated heterocycles. The van der Waals surface area contributed by atoms with Crippen molar-refractivity contribution in [2.45, 2.75) is 13.8 Å². The van der Waals surface area contributed by atoms with E-state index in [0.717, 1.165) is 33.5 Å². The van der Waals surface area contributed by atoms with E-state index in [4.69, 9.17) is 0 Å². The Hall–Kier alpha value is -1.56. The molecule has 1 N–H and O–H groups in total. The van der Waals surface area contributed by atoms with Crippen molar-refractivity contribution >= 4 is 33.8 Å². The third kappa shape index (κ3) is 0.784. The van der Waals surface area contributed by atoms with Crippen molar-refractivity contribution in [1.82, 2.24) is 15.4 Å². The number of hydrogen-bond acceptors (Lipinski definition) is 4. The molecule has 0 bridgehead atoms. The Kier molecular flexibility index (Phi) is 1.38. The highest BCUT2D eigenvalue weighted by Crippen LogP contribution is 2.41. The maximum atomic E-state index is 4.26. The van der Waals surface area contributed by atoms with Gasteiger partial charge < -0.3 is 0 Å². The van der Waals surface area contributed by atoms with Crippen LogP contribution < -0.4 is 0 Å². The van der Waals surface area contributed by atoms with Crippen LogP contribution in [0.1, 0.15) is 11.1 Å². The Morgan fingerprint density at radius 1 is 0.929 bits per heavy atom. The molecule has 0 aliphatic carbocycles. The van der Waals surface area contributed by atoms with Crippen LogP contribution in [0.4, 0.5) is 11.4 Å². The lowest BCUT2D eigenvalue weighted by atomic mass is 10.1. The molecule has 1 aromatic carbocycles. The van der Waals surface area contributed by atoms with Crippen molar-refractivity contribution in [3.63, 3.8) is 0 Å². The van der Waals surface area contributed by atoms with Crippen LogP contribution in [0, 0.1) is 13.8 Å². The summed E-state index contributed by atoms with van der Waals surface area (Å²) in [6, 6.07) is 0. The maximum Gasteiger partial charge on any atom is 0.118 e. The van der Waals surface area contributed by atoms with Gasteiger partial charge in [-0.1, -0.05) is 0 Å². The highest BCUT2D eigenvalue weighted by molar-refractivity contribution is 7.58. The number of aryl methyl sites for hydroxylation is 2. The lowest BCUT2D eigenvalue weighted by Crippen LogP contribution is -1.83.